The van der Waals surface area contributed by atoms with Crippen LogP contribution in [0.25, 0.3) is 0 Å². The number of aliphatic carboxylic acids is 1. The predicted molar refractivity (Wildman–Crippen MR) is 128 cm³/mol. The summed E-state index contributed by atoms with van der Waals surface area (Å²) in [4.78, 5) is 21.2. The summed E-state index contributed by atoms with van der Waals surface area (Å²) in [6.07, 6.45) is 1.86. The molecule has 4 heteroatoms. The fourth-order valence-electron chi connectivity index (χ4n) is 1.44. The molecule has 1 rings (SSSR count). The minimum atomic E-state index is -0.745. The zero-order chi connectivity index (χ0) is 24.4. The fraction of sp³-hybridized carbons (Fsp3) is 0.692. The molecule has 0 aliphatic carbocycles. The van der Waals surface area contributed by atoms with E-state index in [1.165, 1.54) is 0 Å². The summed E-state index contributed by atoms with van der Waals surface area (Å²) < 4.78 is 5.34. The van der Waals surface area contributed by atoms with Crippen LogP contribution in [-0.4, -0.2) is 17.0 Å². The molecular weight excluding hydrogens is 376 g/mol. The number of rotatable bonds is 6. The Hall–Kier alpha value is -1.84. The van der Waals surface area contributed by atoms with Crippen LogP contribution in [0, 0.1) is 16.7 Å². The van der Waals surface area contributed by atoms with Crippen LogP contribution in [0.4, 0.5) is 0 Å². The smallest absolute Gasteiger partial charge is 0.312 e. The average molecular weight is 425 g/mol. The number of benzene rings is 1. The molecule has 0 atom stereocenters. The molecule has 4 nitrogen and oxygen atoms in total. The first-order chi connectivity index (χ1) is 13.6. The number of esters is 1. The number of carboxylic acid groups (broad SMARTS) is 1. The van der Waals surface area contributed by atoms with Crippen molar-refractivity contribution in [3.05, 3.63) is 35.9 Å². The molecule has 176 valence electrons. The van der Waals surface area contributed by atoms with Crippen molar-refractivity contribution in [2.24, 2.45) is 16.7 Å². The number of hydrogen-bond acceptors (Lipinski definition) is 3. The Balaban J connectivity index is -0.000000426. The normalized spacial score (nSPS) is 10.4. The second-order valence-electron chi connectivity index (χ2n) is 9.81. The van der Waals surface area contributed by atoms with Crippen molar-refractivity contribution in [1.29, 1.82) is 0 Å². The van der Waals surface area contributed by atoms with Gasteiger partial charge in [0.05, 0.1) is 5.41 Å². The quantitative estimate of drug-likeness (QED) is 0.474. The van der Waals surface area contributed by atoms with Crippen LogP contribution in [0.2, 0.25) is 0 Å². The molecule has 0 aromatic heterocycles. The molecule has 0 radical (unpaired) electrons. The Labute approximate surface area is 186 Å². The standard InChI is InChI=1S/C14H20O2.C5H12.C4H10.C3H6O2/c1-4-14(3,5-2)13(15)16-11-12-9-7-6-8-10-12;1-5(2,3)4;1-4(2)3;1-2-3(4)5/h6-10H,4-5,11H2,1-3H3;1-4H3;4H,1-3H3;2H2,1H3,(H,4,5). The monoisotopic (exact) mass is 424 g/mol. The molecule has 0 unspecified atom stereocenters. The SMILES string of the molecule is CC(C)(C)C.CC(C)C.CCC(=O)O.CCC(C)(CC)C(=O)OCc1ccccc1. The van der Waals surface area contributed by atoms with Gasteiger partial charge in [-0.05, 0) is 36.7 Å². The van der Waals surface area contributed by atoms with Crippen LogP contribution in [0.3, 0.4) is 0 Å². The lowest BCUT2D eigenvalue weighted by molar-refractivity contribution is -0.156. The Morgan fingerprint density at radius 2 is 1.23 bits per heavy atom. The van der Waals surface area contributed by atoms with Crippen molar-refractivity contribution in [3.63, 3.8) is 0 Å². The third-order valence-corrected chi connectivity index (χ3v) is 3.57. The maximum absolute atomic E-state index is 11.9. The van der Waals surface area contributed by atoms with Gasteiger partial charge >= 0.3 is 11.9 Å². The Bertz CT molecular complexity index is 529. The molecule has 0 aliphatic heterocycles. The fourth-order valence-corrected chi connectivity index (χ4v) is 1.44. The number of hydrogen-bond donors (Lipinski definition) is 1. The van der Waals surface area contributed by atoms with Crippen LogP contribution in [0.5, 0.6) is 0 Å². The second-order valence-corrected chi connectivity index (χ2v) is 9.81. The Morgan fingerprint density at radius 3 is 1.50 bits per heavy atom. The summed E-state index contributed by atoms with van der Waals surface area (Å²) >= 11 is 0. The van der Waals surface area contributed by atoms with Crippen molar-refractivity contribution in [3.8, 4) is 0 Å². The third kappa shape index (κ3) is 26.2. The van der Waals surface area contributed by atoms with E-state index < -0.39 is 5.97 Å². The molecule has 0 amide bonds. The van der Waals surface area contributed by atoms with Crippen molar-refractivity contribution >= 4 is 11.9 Å². The molecule has 0 saturated heterocycles. The first-order valence-corrected chi connectivity index (χ1v) is 11.1. The maximum Gasteiger partial charge on any atom is 0.312 e. The van der Waals surface area contributed by atoms with E-state index >= 15 is 0 Å². The van der Waals surface area contributed by atoms with Gasteiger partial charge in [0.1, 0.15) is 6.61 Å². The zero-order valence-electron chi connectivity index (χ0n) is 21.5. The lowest BCUT2D eigenvalue weighted by Gasteiger charge is -2.23. The van der Waals surface area contributed by atoms with Gasteiger partial charge in [0, 0.05) is 6.42 Å². The first kappa shape index (κ1) is 32.8. The molecule has 0 saturated carbocycles. The summed E-state index contributed by atoms with van der Waals surface area (Å²) in [5.41, 5.74) is 1.19. The zero-order valence-corrected chi connectivity index (χ0v) is 21.5. The lowest BCUT2D eigenvalue weighted by atomic mass is 9.85. The summed E-state index contributed by atoms with van der Waals surface area (Å²) in [7, 11) is 0. The van der Waals surface area contributed by atoms with Gasteiger partial charge in [-0.25, -0.2) is 0 Å². The minimum absolute atomic E-state index is 0.0960. The molecule has 0 aliphatic rings. The van der Waals surface area contributed by atoms with Crippen molar-refractivity contribution < 1.29 is 19.4 Å². The minimum Gasteiger partial charge on any atom is -0.481 e. The van der Waals surface area contributed by atoms with E-state index in [9.17, 15) is 9.59 Å². The number of ether oxygens (including phenoxy) is 1. The Kier molecular flexibility index (Phi) is 19.7. The van der Waals surface area contributed by atoms with Gasteiger partial charge in [-0.3, -0.25) is 9.59 Å². The molecule has 1 aromatic carbocycles. The lowest BCUT2D eigenvalue weighted by Crippen LogP contribution is -2.28. The van der Waals surface area contributed by atoms with Gasteiger partial charge < -0.3 is 9.84 Å². The molecule has 0 fully saturated rings. The van der Waals surface area contributed by atoms with E-state index in [-0.39, 0.29) is 17.8 Å². The largest absolute Gasteiger partial charge is 0.481 e. The first-order valence-electron chi connectivity index (χ1n) is 11.1. The highest BCUT2D eigenvalue weighted by molar-refractivity contribution is 5.76. The van der Waals surface area contributed by atoms with Gasteiger partial charge in [-0.2, -0.15) is 0 Å². The molecular formula is C26H48O4. The van der Waals surface area contributed by atoms with Crippen LogP contribution < -0.4 is 0 Å². The number of carboxylic acids is 1. The van der Waals surface area contributed by atoms with Gasteiger partial charge in [0.25, 0.3) is 0 Å². The van der Waals surface area contributed by atoms with E-state index in [0.29, 0.717) is 12.0 Å². The van der Waals surface area contributed by atoms with E-state index in [0.717, 1.165) is 24.3 Å². The molecule has 0 spiro atoms. The van der Waals surface area contributed by atoms with Crippen molar-refractivity contribution in [2.75, 3.05) is 0 Å². The molecule has 0 bridgehead atoms. The van der Waals surface area contributed by atoms with Crippen molar-refractivity contribution in [1.82, 2.24) is 0 Å². The van der Waals surface area contributed by atoms with Gasteiger partial charge in [-0.15, -0.1) is 0 Å². The van der Waals surface area contributed by atoms with E-state index in [1.807, 2.05) is 51.1 Å². The van der Waals surface area contributed by atoms with Crippen LogP contribution >= 0.6 is 0 Å². The van der Waals surface area contributed by atoms with Gasteiger partial charge in [0.2, 0.25) is 0 Å². The molecule has 1 aromatic rings. The third-order valence-electron chi connectivity index (χ3n) is 3.57. The summed E-state index contributed by atoms with van der Waals surface area (Å²) in [6.45, 7) is 23.2. The molecule has 30 heavy (non-hydrogen) atoms. The summed E-state index contributed by atoms with van der Waals surface area (Å²) in [5.74, 6) is -0.00801. The highest BCUT2D eigenvalue weighted by atomic mass is 16.5. The summed E-state index contributed by atoms with van der Waals surface area (Å²) in [6, 6.07) is 9.77. The van der Waals surface area contributed by atoms with Crippen LogP contribution in [-0.2, 0) is 20.9 Å². The van der Waals surface area contributed by atoms with E-state index in [2.05, 4.69) is 48.5 Å². The van der Waals surface area contributed by atoms with E-state index in [1.54, 1.807) is 6.92 Å². The predicted octanol–water partition coefficient (Wildman–Crippen LogP) is 7.75. The average Bonchev–Trinajstić information content (AvgIpc) is 2.65. The highest BCUT2D eigenvalue weighted by Gasteiger charge is 2.30. The Morgan fingerprint density at radius 1 is 0.900 bits per heavy atom. The van der Waals surface area contributed by atoms with Gasteiger partial charge in [-0.1, -0.05) is 99.6 Å². The van der Waals surface area contributed by atoms with E-state index in [4.69, 9.17) is 9.84 Å². The van der Waals surface area contributed by atoms with Crippen molar-refractivity contribution in [2.45, 2.75) is 102 Å². The topological polar surface area (TPSA) is 63.6 Å². The van der Waals surface area contributed by atoms with Crippen LogP contribution in [0.1, 0.15) is 101 Å². The molecule has 0 heterocycles. The summed E-state index contributed by atoms with van der Waals surface area (Å²) in [5, 5.41) is 7.72. The molecule has 1 N–H and O–H groups in total. The second kappa shape index (κ2) is 18.0. The number of carbonyl (C=O) groups excluding carboxylic acids is 1. The van der Waals surface area contributed by atoms with Crippen LogP contribution in [0.15, 0.2) is 30.3 Å². The highest BCUT2D eigenvalue weighted by Crippen LogP contribution is 2.27. The maximum atomic E-state index is 11.9. The van der Waals surface area contributed by atoms with Gasteiger partial charge in [0.15, 0.2) is 0 Å². The number of carbonyl (C=O) groups is 2.